The van der Waals surface area contributed by atoms with Crippen LogP contribution in [0.5, 0.6) is 0 Å². The molecule has 1 rings (SSSR count). The van der Waals surface area contributed by atoms with Crippen LogP contribution < -0.4 is 15.5 Å². The highest BCUT2D eigenvalue weighted by molar-refractivity contribution is 5.93. The van der Waals surface area contributed by atoms with E-state index in [-0.39, 0.29) is 18.7 Å². The summed E-state index contributed by atoms with van der Waals surface area (Å²) in [6.07, 6.45) is 1.36. The Kier molecular flexibility index (Phi) is 6.15. The molecule has 0 aliphatic rings. The number of amides is 2. The molecule has 0 aliphatic heterocycles. The molecule has 0 spiro atoms. The number of hydrogen-bond acceptors (Lipinski definition) is 3. The minimum absolute atomic E-state index is 0.00322. The molecule has 0 heterocycles. The van der Waals surface area contributed by atoms with E-state index in [0.717, 1.165) is 17.8 Å². The highest BCUT2D eigenvalue weighted by Gasteiger charge is 2.11. The van der Waals surface area contributed by atoms with E-state index in [2.05, 4.69) is 10.6 Å². The molecule has 0 saturated heterocycles. The molecular formula is C14H23N3O2. The quantitative estimate of drug-likeness (QED) is 0.737. The summed E-state index contributed by atoms with van der Waals surface area (Å²) in [5.41, 5.74) is 1.72. The molecule has 1 aromatic carbocycles. The van der Waals surface area contributed by atoms with E-state index in [4.69, 9.17) is 5.11 Å². The van der Waals surface area contributed by atoms with Crippen LogP contribution in [-0.2, 0) is 0 Å². The van der Waals surface area contributed by atoms with Crippen molar-refractivity contribution in [3.05, 3.63) is 24.3 Å². The second-order valence-corrected chi connectivity index (χ2v) is 4.63. The first-order chi connectivity index (χ1) is 9.08. The number of anilines is 2. The summed E-state index contributed by atoms with van der Waals surface area (Å²) < 4.78 is 0. The maximum Gasteiger partial charge on any atom is 0.319 e. The van der Waals surface area contributed by atoms with Crippen LogP contribution in [0.1, 0.15) is 19.8 Å². The van der Waals surface area contributed by atoms with Gasteiger partial charge < -0.3 is 20.6 Å². The summed E-state index contributed by atoms with van der Waals surface area (Å²) in [6.45, 7) is 2.06. The van der Waals surface area contributed by atoms with Gasteiger partial charge in [-0.3, -0.25) is 0 Å². The normalized spacial score (nSPS) is 11.8. The van der Waals surface area contributed by atoms with Gasteiger partial charge in [0.15, 0.2) is 0 Å². The first-order valence-electron chi connectivity index (χ1n) is 6.53. The minimum atomic E-state index is -0.241. The number of carbonyl (C=O) groups excluding carboxylic acids is 1. The fourth-order valence-electron chi connectivity index (χ4n) is 1.85. The summed E-state index contributed by atoms with van der Waals surface area (Å²) >= 11 is 0. The fourth-order valence-corrected chi connectivity index (χ4v) is 1.85. The molecular weight excluding hydrogens is 242 g/mol. The number of hydrogen-bond donors (Lipinski definition) is 3. The SMILES string of the molecule is CCC(CCO)NC(=O)Nc1ccccc1N(C)C. The first-order valence-corrected chi connectivity index (χ1v) is 6.53. The van der Waals surface area contributed by atoms with Gasteiger partial charge in [-0.2, -0.15) is 0 Å². The van der Waals surface area contributed by atoms with E-state index in [1.807, 2.05) is 50.2 Å². The number of aliphatic hydroxyl groups is 1. The molecule has 0 aliphatic carbocycles. The van der Waals surface area contributed by atoms with Gasteiger partial charge in [0.1, 0.15) is 0 Å². The molecule has 3 N–H and O–H groups in total. The fraction of sp³-hybridized carbons (Fsp3) is 0.500. The van der Waals surface area contributed by atoms with Crippen LogP contribution in [0.25, 0.3) is 0 Å². The van der Waals surface area contributed by atoms with Crippen molar-refractivity contribution in [2.24, 2.45) is 0 Å². The van der Waals surface area contributed by atoms with E-state index in [1.54, 1.807) is 0 Å². The van der Waals surface area contributed by atoms with Gasteiger partial charge in [-0.15, -0.1) is 0 Å². The van der Waals surface area contributed by atoms with Crippen LogP contribution in [-0.4, -0.2) is 37.9 Å². The van der Waals surface area contributed by atoms with E-state index < -0.39 is 0 Å². The molecule has 0 radical (unpaired) electrons. The lowest BCUT2D eigenvalue weighted by molar-refractivity contribution is 0.237. The Morgan fingerprint density at radius 2 is 2.05 bits per heavy atom. The second kappa shape index (κ2) is 7.63. The zero-order chi connectivity index (χ0) is 14.3. The predicted molar refractivity (Wildman–Crippen MR) is 78.7 cm³/mol. The molecule has 1 aromatic rings. The minimum Gasteiger partial charge on any atom is -0.396 e. The van der Waals surface area contributed by atoms with Crippen molar-refractivity contribution in [3.63, 3.8) is 0 Å². The van der Waals surface area contributed by atoms with Gasteiger partial charge in [0.05, 0.1) is 11.4 Å². The van der Waals surface area contributed by atoms with Crippen LogP contribution in [0.3, 0.4) is 0 Å². The molecule has 0 bridgehead atoms. The molecule has 5 nitrogen and oxygen atoms in total. The summed E-state index contributed by atoms with van der Waals surface area (Å²) in [5, 5.41) is 14.6. The lowest BCUT2D eigenvalue weighted by atomic mass is 10.1. The maximum atomic E-state index is 11.9. The van der Waals surface area contributed by atoms with Gasteiger partial charge in [-0.05, 0) is 25.0 Å². The molecule has 0 saturated carbocycles. The number of benzene rings is 1. The number of nitrogens with zero attached hydrogens (tertiary/aromatic N) is 1. The Bertz CT molecular complexity index is 407. The largest absolute Gasteiger partial charge is 0.396 e. The van der Waals surface area contributed by atoms with Gasteiger partial charge in [-0.25, -0.2) is 4.79 Å². The second-order valence-electron chi connectivity index (χ2n) is 4.63. The van der Waals surface area contributed by atoms with E-state index in [1.165, 1.54) is 0 Å². The van der Waals surface area contributed by atoms with Crippen LogP contribution in [0.2, 0.25) is 0 Å². The molecule has 106 valence electrons. The average Bonchev–Trinajstić information content (AvgIpc) is 2.38. The molecule has 5 heteroatoms. The number of nitrogens with one attached hydrogen (secondary N) is 2. The van der Waals surface area contributed by atoms with Crippen molar-refractivity contribution in [1.82, 2.24) is 5.32 Å². The van der Waals surface area contributed by atoms with Crippen molar-refractivity contribution in [2.75, 3.05) is 30.9 Å². The Hall–Kier alpha value is -1.75. The zero-order valence-electron chi connectivity index (χ0n) is 11.8. The first kappa shape index (κ1) is 15.3. The number of carbonyl (C=O) groups is 1. The van der Waals surface area contributed by atoms with E-state index in [9.17, 15) is 4.79 Å². The smallest absolute Gasteiger partial charge is 0.319 e. The monoisotopic (exact) mass is 265 g/mol. The van der Waals surface area contributed by atoms with Crippen LogP contribution in [0.4, 0.5) is 16.2 Å². The highest BCUT2D eigenvalue weighted by Crippen LogP contribution is 2.23. The summed E-state index contributed by atoms with van der Waals surface area (Å²) in [5.74, 6) is 0. The van der Waals surface area contributed by atoms with Crippen molar-refractivity contribution in [2.45, 2.75) is 25.8 Å². The summed E-state index contributed by atoms with van der Waals surface area (Å²) in [6, 6.07) is 7.38. The molecule has 1 atom stereocenters. The molecule has 2 amide bonds. The van der Waals surface area contributed by atoms with Crippen LogP contribution in [0.15, 0.2) is 24.3 Å². The van der Waals surface area contributed by atoms with Gasteiger partial charge in [-0.1, -0.05) is 19.1 Å². The Morgan fingerprint density at radius 1 is 1.37 bits per heavy atom. The zero-order valence-corrected chi connectivity index (χ0v) is 11.8. The lowest BCUT2D eigenvalue weighted by Gasteiger charge is -2.20. The Morgan fingerprint density at radius 3 is 2.63 bits per heavy atom. The topological polar surface area (TPSA) is 64.6 Å². The number of urea groups is 1. The number of rotatable bonds is 6. The molecule has 19 heavy (non-hydrogen) atoms. The van der Waals surface area contributed by atoms with Gasteiger partial charge >= 0.3 is 6.03 Å². The van der Waals surface area contributed by atoms with E-state index in [0.29, 0.717) is 6.42 Å². The molecule has 1 unspecified atom stereocenters. The summed E-state index contributed by atoms with van der Waals surface area (Å²) in [4.78, 5) is 13.9. The maximum absolute atomic E-state index is 11.9. The van der Waals surface area contributed by atoms with Gasteiger partial charge in [0, 0.05) is 26.7 Å². The van der Waals surface area contributed by atoms with Crippen molar-refractivity contribution >= 4 is 17.4 Å². The average molecular weight is 265 g/mol. The van der Waals surface area contributed by atoms with Crippen molar-refractivity contribution < 1.29 is 9.90 Å². The lowest BCUT2D eigenvalue weighted by Crippen LogP contribution is -2.38. The summed E-state index contributed by atoms with van der Waals surface area (Å²) in [7, 11) is 3.86. The number of aliphatic hydroxyl groups excluding tert-OH is 1. The number of para-hydroxylation sites is 2. The Balaban J connectivity index is 2.66. The molecule has 0 aromatic heterocycles. The third kappa shape index (κ3) is 4.79. The predicted octanol–water partition coefficient (Wildman–Crippen LogP) is 2.04. The van der Waals surface area contributed by atoms with Gasteiger partial charge in [0.25, 0.3) is 0 Å². The van der Waals surface area contributed by atoms with Crippen molar-refractivity contribution in [1.29, 1.82) is 0 Å². The van der Waals surface area contributed by atoms with E-state index >= 15 is 0 Å². The third-order valence-electron chi connectivity index (χ3n) is 2.94. The van der Waals surface area contributed by atoms with Gasteiger partial charge in [0.2, 0.25) is 0 Å². The third-order valence-corrected chi connectivity index (χ3v) is 2.94. The highest BCUT2D eigenvalue weighted by atomic mass is 16.3. The van der Waals surface area contributed by atoms with Crippen molar-refractivity contribution in [3.8, 4) is 0 Å². The van der Waals surface area contributed by atoms with Crippen LogP contribution in [0, 0.1) is 0 Å². The van der Waals surface area contributed by atoms with Crippen LogP contribution >= 0.6 is 0 Å². The standard InChI is InChI=1S/C14H23N3O2/c1-4-11(9-10-18)15-14(19)16-12-7-5-6-8-13(12)17(2)3/h5-8,11,18H,4,9-10H2,1-3H3,(H2,15,16,19). The molecule has 0 fully saturated rings. The Labute approximate surface area is 114 Å².